The van der Waals surface area contributed by atoms with E-state index in [2.05, 4.69) is 0 Å². The number of hydrogen-bond acceptors (Lipinski definition) is 3. The first kappa shape index (κ1) is 10.3. The first-order valence-corrected chi connectivity index (χ1v) is 5.12. The smallest absolute Gasteiger partial charge is 0.208 e. The second kappa shape index (κ2) is 4.99. The molecule has 0 spiro atoms. The van der Waals surface area contributed by atoms with Gasteiger partial charge in [0.25, 0.3) is 0 Å². The zero-order chi connectivity index (χ0) is 8.74. The van der Waals surface area contributed by atoms with Crippen LogP contribution in [-0.2, 0) is 4.57 Å². The third-order valence-corrected chi connectivity index (χ3v) is 2.59. The molecular formula is C6H12NO3P. The lowest BCUT2D eigenvalue weighted by Crippen LogP contribution is -1.90. The summed E-state index contributed by atoms with van der Waals surface area (Å²) >= 11 is 0. The Morgan fingerprint density at radius 2 is 1.91 bits per heavy atom. The molecule has 0 aromatic carbocycles. The van der Waals surface area contributed by atoms with Crippen molar-refractivity contribution in [3.63, 3.8) is 0 Å². The van der Waals surface area contributed by atoms with Crippen molar-refractivity contribution in [1.29, 1.82) is 0 Å². The van der Waals surface area contributed by atoms with Gasteiger partial charge in [0.1, 0.15) is 0 Å². The Morgan fingerprint density at radius 3 is 2.36 bits per heavy atom. The fourth-order valence-electron chi connectivity index (χ4n) is 0.512. The Balaban J connectivity index is 3.90. The summed E-state index contributed by atoms with van der Waals surface area (Å²) in [4.78, 5) is 9.06. The fraction of sp³-hybridized carbons (Fsp3) is 0.333. The van der Waals surface area contributed by atoms with Crippen LogP contribution >= 0.6 is 7.37 Å². The van der Waals surface area contributed by atoms with Gasteiger partial charge in [0.15, 0.2) is 0 Å². The van der Waals surface area contributed by atoms with E-state index in [4.69, 9.17) is 15.7 Å². The van der Waals surface area contributed by atoms with Gasteiger partial charge in [-0.05, 0) is 12.3 Å². The van der Waals surface area contributed by atoms with E-state index in [0.717, 1.165) is 6.26 Å². The summed E-state index contributed by atoms with van der Waals surface area (Å²) < 4.78 is 11.0. The summed E-state index contributed by atoms with van der Waals surface area (Å²) in [6.07, 6.45) is 4.68. The average molecular weight is 177 g/mol. The standard InChI is InChI=1S/C6H12NO3P/c7-3-1-5-11(9,10)6-2-4-8/h1-4,8H,5-7H2,(H,9,10). The van der Waals surface area contributed by atoms with Crippen molar-refractivity contribution in [1.82, 2.24) is 0 Å². The molecular weight excluding hydrogens is 165 g/mol. The minimum absolute atomic E-state index is 0.0200. The number of hydrogen-bond donors (Lipinski definition) is 3. The lowest BCUT2D eigenvalue weighted by atomic mass is 10.7. The summed E-state index contributed by atoms with van der Waals surface area (Å²) in [5.41, 5.74) is 4.98. The summed E-state index contributed by atoms with van der Waals surface area (Å²) in [7, 11) is -3.14. The number of allylic oxidation sites excluding steroid dienone is 2. The Hall–Kier alpha value is -0.730. The highest BCUT2D eigenvalue weighted by Gasteiger charge is 2.12. The van der Waals surface area contributed by atoms with Gasteiger partial charge in [0.05, 0.1) is 6.26 Å². The average Bonchev–Trinajstić information content (AvgIpc) is 1.97. The first-order valence-electron chi connectivity index (χ1n) is 3.09. The van der Waals surface area contributed by atoms with Crippen LogP contribution in [0.15, 0.2) is 24.6 Å². The molecule has 64 valence electrons. The molecule has 4 nitrogen and oxygen atoms in total. The van der Waals surface area contributed by atoms with Gasteiger partial charge in [-0.3, -0.25) is 4.57 Å². The minimum atomic E-state index is -3.14. The van der Waals surface area contributed by atoms with Crippen molar-refractivity contribution >= 4 is 7.37 Å². The van der Waals surface area contributed by atoms with Crippen LogP contribution in [0.2, 0.25) is 0 Å². The SMILES string of the molecule is NC=CCP(=O)(O)CC=CO. The molecule has 1 atom stereocenters. The van der Waals surface area contributed by atoms with Crippen molar-refractivity contribution < 1.29 is 14.6 Å². The highest BCUT2D eigenvalue weighted by Crippen LogP contribution is 2.39. The van der Waals surface area contributed by atoms with Gasteiger partial charge >= 0.3 is 0 Å². The van der Waals surface area contributed by atoms with Crippen molar-refractivity contribution in [3.05, 3.63) is 24.6 Å². The minimum Gasteiger partial charge on any atom is -0.516 e. The van der Waals surface area contributed by atoms with Crippen molar-refractivity contribution in [2.45, 2.75) is 0 Å². The van der Waals surface area contributed by atoms with Gasteiger partial charge in [-0.25, -0.2) is 0 Å². The second-order valence-electron chi connectivity index (χ2n) is 2.02. The van der Waals surface area contributed by atoms with Crippen LogP contribution in [0.25, 0.3) is 0 Å². The molecule has 4 N–H and O–H groups in total. The number of aliphatic hydroxyl groups is 1. The zero-order valence-corrected chi connectivity index (χ0v) is 6.95. The molecule has 0 rings (SSSR count). The normalized spacial score (nSPS) is 17.5. The van der Waals surface area contributed by atoms with E-state index in [1.807, 2.05) is 0 Å². The van der Waals surface area contributed by atoms with E-state index in [1.165, 1.54) is 18.4 Å². The van der Waals surface area contributed by atoms with E-state index in [9.17, 15) is 4.57 Å². The topological polar surface area (TPSA) is 83.6 Å². The fourth-order valence-corrected chi connectivity index (χ4v) is 1.54. The zero-order valence-electron chi connectivity index (χ0n) is 6.05. The molecule has 5 heteroatoms. The van der Waals surface area contributed by atoms with Crippen LogP contribution in [0.4, 0.5) is 0 Å². The Bertz CT molecular complexity index is 182. The van der Waals surface area contributed by atoms with Crippen molar-refractivity contribution in [2.24, 2.45) is 5.73 Å². The van der Waals surface area contributed by atoms with Crippen molar-refractivity contribution in [2.75, 3.05) is 12.3 Å². The van der Waals surface area contributed by atoms with E-state index in [-0.39, 0.29) is 12.3 Å². The van der Waals surface area contributed by atoms with Gasteiger partial charge in [0, 0.05) is 12.3 Å². The van der Waals surface area contributed by atoms with Gasteiger partial charge in [-0.2, -0.15) is 0 Å². The largest absolute Gasteiger partial charge is 0.516 e. The molecule has 0 saturated heterocycles. The molecule has 0 heterocycles. The molecule has 1 unspecified atom stereocenters. The quantitative estimate of drug-likeness (QED) is 0.438. The molecule has 0 amide bonds. The van der Waals surface area contributed by atoms with E-state index in [0.29, 0.717) is 0 Å². The summed E-state index contributed by atoms with van der Waals surface area (Å²) in [6, 6.07) is 0. The molecule has 0 fully saturated rings. The third kappa shape index (κ3) is 5.70. The monoisotopic (exact) mass is 177 g/mol. The number of nitrogens with two attached hydrogens (primary N) is 1. The van der Waals surface area contributed by atoms with Gasteiger partial charge < -0.3 is 15.7 Å². The summed E-state index contributed by atoms with van der Waals surface area (Å²) in [6.45, 7) is 0. The molecule has 0 aliphatic heterocycles. The van der Waals surface area contributed by atoms with E-state index >= 15 is 0 Å². The van der Waals surface area contributed by atoms with Crippen LogP contribution in [0, 0.1) is 0 Å². The lowest BCUT2D eigenvalue weighted by Gasteiger charge is -2.03. The molecule has 0 aliphatic carbocycles. The van der Waals surface area contributed by atoms with Crippen LogP contribution in [0.1, 0.15) is 0 Å². The highest BCUT2D eigenvalue weighted by atomic mass is 31.2. The van der Waals surface area contributed by atoms with Crippen LogP contribution < -0.4 is 5.73 Å². The molecule has 0 aromatic rings. The Labute approximate surface area is 65.5 Å². The number of rotatable bonds is 4. The second-order valence-corrected chi connectivity index (χ2v) is 4.45. The molecule has 0 bridgehead atoms. The summed E-state index contributed by atoms with van der Waals surface area (Å²) in [5, 5.41) is 8.20. The first-order chi connectivity index (χ1) is 5.12. The third-order valence-electron chi connectivity index (χ3n) is 1.02. The summed E-state index contributed by atoms with van der Waals surface area (Å²) in [5.74, 6) is 0. The van der Waals surface area contributed by atoms with Crippen LogP contribution in [0.3, 0.4) is 0 Å². The molecule has 0 aromatic heterocycles. The van der Waals surface area contributed by atoms with E-state index in [1.54, 1.807) is 0 Å². The maximum Gasteiger partial charge on any atom is 0.208 e. The molecule has 0 radical (unpaired) electrons. The predicted molar refractivity (Wildman–Crippen MR) is 44.7 cm³/mol. The number of aliphatic hydroxyl groups excluding tert-OH is 1. The maximum atomic E-state index is 11.0. The van der Waals surface area contributed by atoms with E-state index < -0.39 is 7.37 Å². The van der Waals surface area contributed by atoms with Gasteiger partial charge in [-0.1, -0.05) is 6.08 Å². The molecule has 11 heavy (non-hydrogen) atoms. The highest BCUT2D eigenvalue weighted by molar-refractivity contribution is 7.58. The lowest BCUT2D eigenvalue weighted by molar-refractivity contribution is 0.468. The van der Waals surface area contributed by atoms with Gasteiger partial charge in [-0.15, -0.1) is 0 Å². The van der Waals surface area contributed by atoms with Crippen LogP contribution in [0.5, 0.6) is 0 Å². The Morgan fingerprint density at radius 1 is 1.36 bits per heavy atom. The van der Waals surface area contributed by atoms with Crippen molar-refractivity contribution in [3.8, 4) is 0 Å². The van der Waals surface area contributed by atoms with Crippen LogP contribution in [-0.4, -0.2) is 22.3 Å². The van der Waals surface area contributed by atoms with Gasteiger partial charge in [0.2, 0.25) is 7.37 Å². The Kier molecular flexibility index (Phi) is 4.66. The predicted octanol–water partition coefficient (Wildman–Crippen LogP) is 0.801. The molecule has 0 saturated carbocycles. The maximum absolute atomic E-state index is 11.0. The molecule has 0 aliphatic rings.